The minimum absolute atomic E-state index is 0.0454. The molecule has 1 fully saturated rings. The molecule has 0 saturated carbocycles. The summed E-state index contributed by atoms with van der Waals surface area (Å²) in [7, 11) is 0. The van der Waals surface area contributed by atoms with Crippen LogP contribution in [0, 0.1) is 5.92 Å². The van der Waals surface area contributed by atoms with Gasteiger partial charge in [0.2, 0.25) is 0 Å². The molecule has 2 atom stereocenters. The quantitative estimate of drug-likeness (QED) is 0.919. The monoisotopic (exact) mass is 283 g/mol. The second-order valence-corrected chi connectivity index (χ2v) is 5.28. The number of ether oxygens (including phenoxy) is 1. The molecule has 1 heterocycles. The van der Waals surface area contributed by atoms with Crippen molar-refractivity contribution in [3.05, 3.63) is 29.3 Å². The molecule has 2 unspecified atom stereocenters. The van der Waals surface area contributed by atoms with Gasteiger partial charge in [0, 0.05) is 30.6 Å². The fourth-order valence-electron chi connectivity index (χ4n) is 2.23. The second kappa shape index (κ2) is 6.26. The average molecular weight is 284 g/mol. The summed E-state index contributed by atoms with van der Waals surface area (Å²) in [4.78, 5) is 13.9. The fraction of sp³-hybridized carbons (Fsp3) is 0.500. The minimum Gasteiger partial charge on any atom is -0.481 e. The summed E-state index contributed by atoms with van der Waals surface area (Å²) in [6.45, 7) is 3.16. The van der Waals surface area contributed by atoms with Crippen molar-refractivity contribution in [3.8, 4) is 5.75 Å². The van der Waals surface area contributed by atoms with Crippen LogP contribution in [0.4, 0.5) is 0 Å². The molecule has 5 heteroatoms. The number of hydrogen-bond donors (Lipinski definition) is 1. The van der Waals surface area contributed by atoms with E-state index < -0.39 is 6.10 Å². The minimum atomic E-state index is -0.545. The maximum atomic E-state index is 12.2. The van der Waals surface area contributed by atoms with E-state index in [0.717, 1.165) is 6.42 Å². The van der Waals surface area contributed by atoms with Crippen LogP contribution in [0.1, 0.15) is 13.3 Å². The maximum absolute atomic E-state index is 12.2. The third-order valence-corrected chi connectivity index (χ3v) is 3.55. The second-order valence-electron chi connectivity index (χ2n) is 4.84. The molecule has 104 valence electrons. The van der Waals surface area contributed by atoms with Crippen LogP contribution in [0.15, 0.2) is 24.3 Å². The molecule has 0 aromatic heterocycles. The molecule has 1 aliphatic rings. The van der Waals surface area contributed by atoms with Crippen molar-refractivity contribution in [1.82, 2.24) is 4.90 Å². The van der Waals surface area contributed by atoms with E-state index in [0.29, 0.717) is 23.9 Å². The molecule has 0 bridgehead atoms. The predicted molar refractivity (Wildman–Crippen MR) is 73.3 cm³/mol. The molecule has 4 nitrogen and oxygen atoms in total. The summed E-state index contributed by atoms with van der Waals surface area (Å²) < 4.78 is 5.60. The predicted octanol–water partition coefficient (Wildman–Crippen LogP) is 1.95. The lowest BCUT2D eigenvalue weighted by Gasteiger charge is -2.21. The summed E-state index contributed by atoms with van der Waals surface area (Å²) in [5.74, 6) is 0.740. The molecule has 2 rings (SSSR count). The van der Waals surface area contributed by atoms with Gasteiger partial charge in [-0.3, -0.25) is 4.79 Å². The Kier molecular flexibility index (Phi) is 4.66. The van der Waals surface area contributed by atoms with Crippen molar-refractivity contribution >= 4 is 17.5 Å². The Balaban J connectivity index is 1.93. The smallest absolute Gasteiger partial charge is 0.263 e. The first-order valence-electron chi connectivity index (χ1n) is 6.42. The van der Waals surface area contributed by atoms with E-state index in [-0.39, 0.29) is 18.4 Å². The molecular formula is C14H18ClNO3. The molecule has 0 radical (unpaired) electrons. The Hall–Kier alpha value is -1.26. The largest absolute Gasteiger partial charge is 0.481 e. The van der Waals surface area contributed by atoms with E-state index in [9.17, 15) is 4.79 Å². The van der Waals surface area contributed by atoms with Gasteiger partial charge in [0.15, 0.2) is 6.10 Å². The summed E-state index contributed by atoms with van der Waals surface area (Å²) >= 11 is 5.87. The van der Waals surface area contributed by atoms with Crippen molar-refractivity contribution in [3.63, 3.8) is 0 Å². The van der Waals surface area contributed by atoms with Crippen LogP contribution in [0.3, 0.4) is 0 Å². The Morgan fingerprint density at radius 2 is 2.42 bits per heavy atom. The summed E-state index contributed by atoms with van der Waals surface area (Å²) in [6, 6.07) is 7.00. The van der Waals surface area contributed by atoms with Crippen LogP contribution in [0.25, 0.3) is 0 Å². The van der Waals surface area contributed by atoms with Crippen LogP contribution < -0.4 is 4.74 Å². The highest BCUT2D eigenvalue weighted by Gasteiger charge is 2.29. The van der Waals surface area contributed by atoms with Gasteiger partial charge in [-0.2, -0.15) is 0 Å². The van der Waals surface area contributed by atoms with Crippen molar-refractivity contribution in [2.24, 2.45) is 5.92 Å². The van der Waals surface area contributed by atoms with Crippen LogP contribution in [0.2, 0.25) is 5.02 Å². The zero-order valence-electron chi connectivity index (χ0n) is 10.9. The SMILES string of the molecule is CC(Oc1cccc(Cl)c1)C(=O)N1CCC(CO)C1. The van der Waals surface area contributed by atoms with Crippen molar-refractivity contribution in [2.75, 3.05) is 19.7 Å². The van der Waals surface area contributed by atoms with Gasteiger partial charge in [-0.05, 0) is 31.5 Å². The number of carbonyl (C=O) groups excluding carboxylic acids is 1. The molecule has 1 amide bonds. The standard InChI is InChI=1S/C14H18ClNO3/c1-10(19-13-4-2-3-12(15)7-13)14(18)16-6-5-11(8-16)9-17/h2-4,7,10-11,17H,5-6,8-9H2,1H3. The lowest BCUT2D eigenvalue weighted by atomic mass is 10.1. The van der Waals surface area contributed by atoms with Gasteiger partial charge in [-0.15, -0.1) is 0 Å². The molecular weight excluding hydrogens is 266 g/mol. The average Bonchev–Trinajstić information content (AvgIpc) is 2.86. The number of carbonyl (C=O) groups is 1. The van der Waals surface area contributed by atoms with Gasteiger partial charge in [-0.25, -0.2) is 0 Å². The summed E-state index contributed by atoms with van der Waals surface area (Å²) in [5, 5.41) is 9.67. The number of aliphatic hydroxyl groups is 1. The molecule has 1 aromatic carbocycles. The Morgan fingerprint density at radius 1 is 1.63 bits per heavy atom. The zero-order valence-corrected chi connectivity index (χ0v) is 11.6. The van der Waals surface area contributed by atoms with Crippen LogP contribution in [0.5, 0.6) is 5.75 Å². The van der Waals surface area contributed by atoms with E-state index in [1.807, 2.05) is 0 Å². The van der Waals surface area contributed by atoms with Gasteiger partial charge < -0.3 is 14.7 Å². The lowest BCUT2D eigenvalue weighted by molar-refractivity contribution is -0.137. The van der Waals surface area contributed by atoms with Crippen LogP contribution in [-0.4, -0.2) is 41.7 Å². The molecule has 1 aromatic rings. The fourth-order valence-corrected chi connectivity index (χ4v) is 2.41. The van der Waals surface area contributed by atoms with Crippen LogP contribution >= 0.6 is 11.6 Å². The third-order valence-electron chi connectivity index (χ3n) is 3.31. The van der Waals surface area contributed by atoms with Gasteiger partial charge in [-0.1, -0.05) is 17.7 Å². The van der Waals surface area contributed by atoms with Crippen molar-refractivity contribution in [2.45, 2.75) is 19.4 Å². The first-order valence-corrected chi connectivity index (χ1v) is 6.80. The van der Waals surface area contributed by atoms with E-state index in [1.54, 1.807) is 36.1 Å². The molecule has 1 saturated heterocycles. The topological polar surface area (TPSA) is 49.8 Å². The van der Waals surface area contributed by atoms with Crippen LogP contribution in [-0.2, 0) is 4.79 Å². The van der Waals surface area contributed by atoms with Crippen molar-refractivity contribution < 1.29 is 14.6 Å². The molecule has 19 heavy (non-hydrogen) atoms. The van der Waals surface area contributed by atoms with E-state index in [4.69, 9.17) is 21.4 Å². The lowest BCUT2D eigenvalue weighted by Crippen LogP contribution is -2.39. The highest BCUT2D eigenvalue weighted by Crippen LogP contribution is 2.21. The number of rotatable bonds is 4. The summed E-state index contributed by atoms with van der Waals surface area (Å²) in [6.07, 6.45) is 0.308. The maximum Gasteiger partial charge on any atom is 0.263 e. The highest BCUT2D eigenvalue weighted by molar-refractivity contribution is 6.30. The number of halogens is 1. The Morgan fingerprint density at radius 3 is 3.05 bits per heavy atom. The van der Waals surface area contributed by atoms with Gasteiger partial charge in [0.1, 0.15) is 5.75 Å². The number of benzene rings is 1. The van der Waals surface area contributed by atoms with Gasteiger partial charge in [0.25, 0.3) is 5.91 Å². The number of aliphatic hydroxyl groups excluding tert-OH is 1. The van der Waals surface area contributed by atoms with Gasteiger partial charge in [0.05, 0.1) is 0 Å². The summed E-state index contributed by atoms with van der Waals surface area (Å²) in [5.41, 5.74) is 0. The van der Waals surface area contributed by atoms with E-state index in [1.165, 1.54) is 0 Å². The first-order chi connectivity index (χ1) is 9.10. The number of amides is 1. The first kappa shape index (κ1) is 14.2. The molecule has 0 aliphatic carbocycles. The third kappa shape index (κ3) is 3.61. The van der Waals surface area contributed by atoms with Gasteiger partial charge >= 0.3 is 0 Å². The highest BCUT2D eigenvalue weighted by atomic mass is 35.5. The zero-order chi connectivity index (χ0) is 13.8. The Bertz CT molecular complexity index is 452. The molecule has 1 aliphatic heterocycles. The normalized spacial score (nSPS) is 20.4. The molecule has 1 N–H and O–H groups in total. The number of nitrogens with zero attached hydrogens (tertiary/aromatic N) is 1. The van der Waals surface area contributed by atoms with E-state index >= 15 is 0 Å². The number of hydrogen-bond acceptors (Lipinski definition) is 3. The number of likely N-dealkylation sites (tertiary alicyclic amines) is 1. The Labute approximate surface area is 117 Å². The van der Waals surface area contributed by atoms with E-state index in [2.05, 4.69) is 0 Å². The molecule has 0 spiro atoms. The van der Waals surface area contributed by atoms with Crippen molar-refractivity contribution in [1.29, 1.82) is 0 Å².